The van der Waals surface area contributed by atoms with Crippen LogP contribution < -0.4 is 10.6 Å². The number of carbonyl (C=O) groups is 1. The highest BCUT2D eigenvalue weighted by Crippen LogP contribution is 2.29. The Morgan fingerprint density at radius 1 is 1.46 bits per heavy atom. The number of hydrogen-bond donors (Lipinski definition) is 1. The standard InChI is InChI=1S/C18H19N5O/c1-11-8-17(22(3)12(2)9-16(20)24)23-15-7-5-4-6-14(15)21-18(23)13(11)10-19/h4-8,12H,9H2,1-3H3,(H2,20,24). The summed E-state index contributed by atoms with van der Waals surface area (Å²) in [7, 11) is 1.92. The fourth-order valence-electron chi connectivity index (χ4n) is 2.98. The van der Waals surface area contributed by atoms with E-state index in [1.54, 1.807) is 0 Å². The van der Waals surface area contributed by atoms with Crippen molar-refractivity contribution in [1.29, 1.82) is 5.26 Å². The van der Waals surface area contributed by atoms with Crippen LogP contribution in [0.1, 0.15) is 24.5 Å². The highest BCUT2D eigenvalue weighted by Gasteiger charge is 2.20. The van der Waals surface area contributed by atoms with E-state index in [4.69, 9.17) is 5.73 Å². The van der Waals surface area contributed by atoms with Crippen molar-refractivity contribution in [1.82, 2.24) is 9.38 Å². The predicted molar refractivity (Wildman–Crippen MR) is 93.8 cm³/mol. The van der Waals surface area contributed by atoms with Crippen LogP contribution >= 0.6 is 0 Å². The van der Waals surface area contributed by atoms with Gasteiger partial charge >= 0.3 is 0 Å². The first-order valence-electron chi connectivity index (χ1n) is 7.76. The number of amides is 1. The molecule has 1 amide bonds. The lowest BCUT2D eigenvalue weighted by Gasteiger charge is -2.27. The van der Waals surface area contributed by atoms with E-state index in [0.717, 1.165) is 22.4 Å². The Bertz CT molecular complexity index is 982. The molecule has 6 nitrogen and oxygen atoms in total. The molecule has 122 valence electrons. The lowest BCUT2D eigenvalue weighted by Crippen LogP contribution is -2.34. The Hall–Kier alpha value is -3.07. The van der Waals surface area contributed by atoms with Gasteiger partial charge < -0.3 is 10.6 Å². The van der Waals surface area contributed by atoms with Gasteiger partial charge in [0.05, 0.1) is 16.6 Å². The number of benzene rings is 1. The van der Waals surface area contributed by atoms with Crippen LogP contribution in [0.5, 0.6) is 0 Å². The van der Waals surface area contributed by atoms with Gasteiger partial charge in [-0.1, -0.05) is 12.1 Å². The van der Waals surface area contributed by atoms with Crippen molar-refractivity contribution in [3.8, 4) is 6.07 Å². The first-order valence-corrected chi connectivity index (χ1v) is 7.76. The summed E-state index contributed by atoms with van der Waals surface area (Å²) in [6.45, 7) is 3.84. The second kappa shape index (κ2) is 5.85. The van der Waals surface area contributed by atoms with E-state index in [9.17, 15) is 10.1 Å². The maximum atomic E-state index is 11.3. The third-order valence-electron chi connectivity index (χ3n) is 4.38. The number of pyridine rings is 1. The molecule has 1 unspecified atom stereocenters. The van der Waals surface area contributed by atoms with E-state index in [-0.39, 0.29) is 18.4 Å². The summed E-state index contributed by atoms with van der Waals surface area (Å²) in [6, 6.07) is 11.9. The van der Waals surface area contributed by atoms with Gasteiger partial charge in [0.25, 0.3) is 0 Å². The van der Waals surface area contributed by atoms with Crippen molar-refractivity contribution >= 4 is 28.4 Å². The number of nitrogens with zero attached hydrogens (tertiary/aromatic N) is 4. The molecule has 24 heavy (non-hydrogen) atoms. The van der Waals surface area contributed by atoms with Crippen molar-refractivity contribution in [2.75, 3.05) is 11.9 Å². The molecule has 0 radical (unpaired) electrons. The number of para-hydroxylation sites is 2. The Morgan fingerprint density at radius 3 is 2.83 bits per heavy atom. The van der Waals surface area contributed by atoms with Gasteiger partial charge in [0.2, 0.25) is 5.91 Å². The molecule has 0 fully saturated rings. The average Bonchev–Trinajstić information content (AvgIpc) is 2.92. The van der Waals surface area contributed by atoms with Crippen molar-refractivity contribution in [2.24, 2.45) is 5.73 Å². The number of rotatable bonds is 4. The smallest absolute Gasteiger partial charge is 0.219 e. The molecule has 1 aromatic carbocycles. The minimum Gasteiger partial charge on any atom is -0.370 e. The number of carbonyl (C=O) groups excluding carboxylic acids is 1. The number of aryl methyl sites for hydroxylation is 1. The fraction of sp³-hybridized carbons (Fsp3) is 0.278. The Balaban J connectivity index is 2.32. The van der Waals surface area contributed by atoms with Gasteiger partial charge in [-0.25, -0.2) is 4.98 Å². The van der Waals surface area contributed by atoms with Gasteiger partial charge in [0.1, 0.15) is 11.9 Å². The van der Waals surface area contributed by atoms with E-state index < -0.39 is 0 Å². The highest BCUT2D eigenvalue weighted by atomic mass is 16.1. The topological polar surface area (TPSA) is 87.4 Å². The number of primary amides is 1. The van der Waals surface area contributed by atoms with Crippen molar-refractivity contribution < 1.29 is 4.79 Å². The van der Waals surface area contributed by atoms with Crippen LogP contribution in [0.2, 0.25) is 0 Å². The Kier molecular flexibility index (Phi) is 3.86. The number of nitrogens with two attached hydrogens (primary N) is 1. The zero-order chi connectivity index (χ0) is 17.4. The monoisotopic (exact) mass is 321 g/mol. The summed E-state index contributed by atoms with van der Waals surface area (Å²) in [5.74, 6) is 0.537. The van der Waals surface area contributed by atoms with Gasteiger partial charge in [-0.3, -0.25) is 9.20 Å². The SMILES string of the molecule is Cc1cc(N(C)C(C)CC(N)=O)n2c(nc3ccccc32)c1C#N. The van der Waals surface area contributed by atoms with E-state index in [2.05, 4.69) is 11.1 Å². The molecule has 2 aromatic heterocycles. The van der Waals surface area contributed by atoms with Crippen LogP contribution in [-0.2, 0) is 4.79 Å². The molecule has 0 spiro atoms. The number of nitriles is 1. The largest absolute Gasteiger partial charge is 0.370 e. The van der Waals surface area contributed by atoms with Crippen LogP contribution in [-0.4, -0.2) is 28.4 Å². The second-order valence-corrected chi connectivity index (χ2v) is 6.06. The number of aromatic nitrogens is 2. The minimum absolute atomic E-state index is 0.0702. The number of fused-ring (bicyclic) bond motifs is 3. The van der Waals surface area contributed by atoms with E-state index in [1.807, 2.05) is 60.5 Å². The Morgan fingerprint density at radius 2 is 2.17 bits per heavy atom. The van der Waals surface area contributed by atoms with Crippen LogP contribution in [0.15, 0.2) is 30.3 Å². The van der Waals surface area contributed by atoms with E-state index in [1.165, 1.54) is 0 Å². The highest BCUT2D eigenvalue weighted by molar-refractivity contribution is 5.85. The summed E-state index contributed by atoms with van der Waals surface area (Å²) in [6.07, 6.45) is 0.254. The van der Waals surface area contributed by atoms with Crippen LogP contribution in [0.25, 0.3) is 16.7 Å². The third kappa shape index (κ3) is 2.44. The van der Waals surface area contributed by atoms with Gasteiger partial charge in [-0.15, -0.1) is 0 Å². The molecule has 3 rings (SSSR count). The summed E-state index contributed by atoms with van der Waals surface area (Å²) in [5, 5.41) is 9.52. The lowest BCUT2D eigenvalue weighted by molar-refractivity contribution is -0.118. The summed E-state index contributed by atoms with van der Waals surface area (Å²) < 4.78 is 1.97. The van der Waals surface area contributed by atoms with Crippen LogP contribution in [0, 0.1) is 18.3 Å². The molecule has 1 atom stereocenters. The summed E-state index contributed by atoms with van der Waals surface area (Å²) in [5.41, 5.74) is 9.15. The molecule has 0 saturated heterocycles. The summed E-state index contributed by atoms with van der Waals surface area (Å²) in [4.78, 5) is 17.9. The van der Waals surface area contributed by atoms with Gasteiger partial charge in [0, 0.05) is 19.5 Å². The molecular formula is C18H19N5O. The molecule has 0 saturated carbocycles. The molecule has 3 aromatic rings. The van der Waals surface area contributed by atoms with Gasteiger partial charge in [-0.05, 0) is 37.6 Å². The minimum atomic E-state index is -0.341. The molecule has 0 bridgehead atoms. The molecule has 2 N–H and O–H groups in total. The molecule has 2 heterocycles. The predicted octanol–water partition coefficient (Wildman–Crippen LogP) is 2.37. The van der Waals surface area contributed by atoms with Gasteiger partial charge in [-0.2, -0.15) is 5.26 Å². The average molecular weight is 321 g/mol. The third-order valence-corrected chi connectivity index (χ3v) is 4.38. The van der Waals surface area contributed by atoms with Crippen molar-refractivity contribution in [2.45, 2.75) is 26.3 Å². The zero-order valence-corrected chi connectivity index (χ0v) is 13.9. The summed E-state index contributed by atoms with van der Waals surface area (Å²) >= 11 is 0. The maximum Gasteiger partial charge on any atom is 0.219 e. The number of anilines is 1. The second-order valence-electron chi connectivity index (χ2n) is 6.06. The lowest BCUT2D eigenvalue weighted by atomic mass is 10.1. The van der Waals surface area contributed by atoms with E-state index >= 15 is 0 Å². The fourth-order valence-corrected chi connectivity index (χ4v) is 2.98. The number of hydrogen-bond acceptors (Lipinski definition) is 4. The van der Waals surface area contributed by atoms with Crippen molar-refractivity contribution in [3.05, 3.63) is 41.5 Å². The maximum absolute atomic E-state index is 11.3. The number of imidazole rings is 1. The van der Waals surface area contributed by atoms with Crippen LogP contribution in [0.3, 0.4) is 0 Å². The molecule has 0 aliphatic carbocycles. The van der Waals surface area contributed by atoms with E-state index in [0.29, 0.717) is 11.2 Å². The molecular weight excluding hydrogens is 302 g/mol. The Labute approximate surface area is 140 Å². The quantitative estimate of drug-likeness (QED) is 0.799. The first-order chi connectivity index (χ1) is 11.4. The molecule has 6 heteroatoms. The first kappa shape index (κ1) is 15.8. The normalized spacial score (nSPS) is 12.2. The van der Waals surface area contributed by atoms with Crippen molar-refractivity contribution in [3.63, 3.8) is 0 Å². The van der Waals surface area contributed by atoms with Crippen LogP contribution in [0.4, 0.5) is 5.82 Å². The zero-order valence-electron chi connectivity index (χ0n) is 13.9. The van der Waals surface area contributed by atoms with Gasteiger partial charge in [0.15, 0.2) is 5.65 Å². The molecule has 0 aliphatic rings. The molecule has 0 aliphatic heterocycles.